The van der Waals surface area contributed by atoms with Crippen LogP contribution in [0.15, 0.2) is 42.6 Å². The molecule has 2 rings (SSSR count). The van der Waals surface area contributed by atoms with E-state index in [1.807, 2.05) is 24.3 Å². The second-order valence-corrected chi connectivity index (χ2v) is 3.89. The van der Waals surface area contributed by atoms with Crippen molar-refractivity contribution in [1.29, 1.82) is 5.26 Å². The standard InChI is InChI=1S/C14H14N4O/c15-9-12-3-4-13(10-18-12)17-7-8-19-14-5-1-11(16)2-6-14/h1-6,10,17H,7-8,16H2. The topological polar surface area (TPSA) is 84.0 Å². The molecule has 0 spiro atoms. The molecule has 0 saturated carbocycles. The lowest BCUT2D eigenvalue weighted by Gasteiger charge is -2.08. The van der Waals surface area contributed by atoms with Gasteiger partial charge in [-0.05, 0) is 36.4 Å². The Morgan fingerprint density at radius 2 is 2.00 bits per heavy atom. The molecule has 0 atom stereocenters. The first-order valence-corrected chi connectivity index (χ1v) is 5.86. The molecule has 5 heteroatoms. The lowest BCUT2D eigenvalue weighted by molar-refractivity contribution is 0.333. The van der Waals surface area contributed by atoms with E-state index in [-0.39, 0.29) is 0 Å². The number of rotatable bonds is 5. The number of nitriles is 1. The Balaban J connectivity index is 1.74. The average molecular weight is 254 g/mol. The molecule has 0 unspecified atom stereocenters. The van der Waals surface area contributed by atoms with Gasteiger partial charge in [0.15, 0.2) is 0 Å². The van der Waals surface area contributed by atoms with E-state index in [4.69, 9.17) is 15.7 Å². The largest absolute Gasteiger partial charge is 0.492 e. The van der Waals surface area contributed by atoms with Crippen LogP contribution in [0.4, 0.5) is 11.4 Å². The van der Waals surface area contributed by atoms with Gasteiger partial charge in [-0.25, -0.2) is 4.98 Å². The first-order valence-electron chi connectivity index (χ1n) is 5.86. The summed E-state index contributed by atoms with van der Waals surface area (Å²) in [6, 6.07) is 12.7. The Kier molecular flexibility index (Phi) is 4.19. The molecule has 0 fully saturated rings. The van der Waals surface area contributed by atoms with Crippen molar-refractivity contribution in [3.8, 4) is 11.8 Å². The summed E-state index contributed by atoms with van der Waals surface area (Å²) in [5.41, 5.74) is 7.57. The number of hydrogen-bond donors (Lipinski definition) is 2. The highest BCUT2D eigenvalue weighted by Gasteiger charge is 1.96. The number of nitrogens with one attached hydrogen (secondary N) is 1. The third kappa shape index (κ3) is 3.89. The SMILES string of the molecule is N#Cc1ccc(NCCOc2ccc(N)cc2)cn1. The summed E-state index contributed by atoms with van der Waals surface area (Å²) in [6.07, 6.45) is 1.63. The molecule has 96 valence electrons. The average Bonchev–Trinajstić information content (AvgIpc) is 2.46. The summed E-state index contributed by atoms with van der Waals surface area (Å²) in [4.78, 5) is 3.97. The fourth-order valence-electron chi connectivity index (χ4n) is 1.49. The maximum atomic E-state index is 8.63. The Hall–Kier alpha value is -2.74. The van der Waals surface area contributed by atoms with Crippen LogP contribution in [0.1, 0.15) is 5.69 Å². The van der Waals surface area contributed by atoms with Gasteiger partial charge < -0.3 is 15.8 Å². The Morgan fingerprint density at radius 1 is 1.21 bits per heavy atom. The number of aromatic nitrogens is 1. The molecule has 0 amide bonds. The molecule has 3 N–H and O–H groups in total. The van der Waals surface area contributed by atoms with Crippen molar-refractivity contribution >= 4 is 11.4 Å². The van der Waals surface area contributed by atoms with Crippen molar-refractivity contribution in [2.24, 2.45) is 0 Å². The Morgan fingerprint density at radius 3 is 2.63 bits per heavy atom. The van der Waals surface area contributed by atoms with Gasteiger partial charge in [0.05, 0.1) is 11.9 Å². The van der Waals surface area contributed by atoms with Crippen LogP contribution in [0.25, 0.3) is 0 Å². The number of pyridine rings is 1. The van der Waals surface area contributed by atoms with Gasteiger partial charge in [0.25, 0.3) is 0 Å². The lowest BCUT2D eigenvalue weighted by atomic mass is 10.3. The summed E-state index contributed by atoms with van der Waals surface area (Å²) in [5.74, 6) is 0.786. The van der Waals surface area contributed by atoms with Gasteiger partial charge in [-0.1, -0.05) is 0 Å². The summed E-state index contributed by atoms with van der Waals surface area (Å²) >= 11 is 0. The van der Waals surface area contributed by atoms with E-state index in [9.17, 15) is 0 Å². The van der Waals surface area contributed by atoms with Gasteiger partial charge in [-0.2, -0.15) is 5.26 Å². The summed E-state index contributed by atoms with van der Waals surface area (Å²) in [7, 11) is 0. The van der Waals surface area contributed by atoms with Gasteiger partial charge in [-0.3, -0.25) is 0 Å². The van der Waals surface area contributed by atoms with E-state index < -0.39 is 0 Å². The van der Waals surface area contributed by atoms with Crippen LogP contribution in [0, 0.1) is 11.3 Å². The van der Waals surface area contributed by atoms with Crippen molar-refractivity contribution in [2.75, 3.05) is 24.2 Å². The molecule has 0 bridgehead atoms. The van der Waals surface area contributed by atoms with E-state index >= 15 is 0 Å². The molecule has 1 aromatic heterocycles. The van der Waals surface area contributed by atoms with E-state index in [0.29, 0.717) is 24.5 Å². The van der Waals surface area contributed by atoms with Crippen LogP contribution in [-0.4, -0.2) is 18.1 Å². The van der Waals surface area contributed by atoms with Crippen molar-refractivity contribution in [2.45, 2.75) is 0 Å². The van der Waals surface area contributed by atoms with E-state index in [2.05, 4.69) is 10.3 Å². The minimum atomic E-state index is 0.406. The zero-order valence-electron chi connectivity index (χ0n) is 10.3. The molecule has 0 aliphatic heterocycles. The molecular weight excluding hydrogens is 240 g/mol. The number of hydrogen-bond acceptors (Lipinski definition) is 5. The van der Waals surface area contributed by atoms with E-state index in [1.165, 1.54) is 0 Å². The summed E-state index contributed by atoms with van der Waals surface area (Å²) in [5, 5.41) is 11.8. The maximum Gasteiger partial charge on any atom is 0.140 e. The molecule has 1 aromatic carbocycles. The molecule has 0 aliphatic rings. The maximum absolute atomic E-state index is 8.63. The van der Waals surface area contributed by atoms with Crippen molar-refractivity contribution in [1.82, 2.24) is 4.98 Å². The number of anilines is 2. The van der Waals surface area contributed by atoms with Gasteiger partial charge >= 0.3 is 0 Å². The lowest BCUT2D eigenvalue weighted by Crippen LogP contribution is -2.11. The van der Waals surface area contributed by atoms with Crippen molar-refractivity contribution in [3.63, 3.8) is 0 Å². The van der Waals surface area contributed by atoms with Gasteiger partial charge in [0.1, 0.15) is 24.1 Å². The Labute approximate surface area is 111 Å². The normalized spacial score (nSPS) is 9.63. The fourth-order valence-corrected chi connectivity index (χ4v) is 1.49. The number of benzene rings is 1. The zero-order chi connectivity index (χ0) is 13.5. The first kappa shape index (κ1) is 12.7. The highest BCUT2D eigenvalue weighted by Crippen LogP contribution is 2.12. The number of nitrogen functional groups attached to an aromatic ring is 1. The molecule has 19 heavy (non-hydrogen) atoms. The first-order chi connectivity index (χ1) is 9.28. The van der Waals surface area contributed by atoms with Crippen LogP contribution < -0.4 is 15.8 Å². The molecule has 0 radical (unpaired) electrons. The predicted octanol–water partition coefficient (Wildman–Crippen LogP) is 2.03. The molecule has 1 heterocycles. The highest BCUT2D eigenvalue weighted by atomic mass is 16.5. The number of ether oxygens (including phenoxy) is 1. The quantitative estimate of drug-likeness (QED) is 0.630. The smallest absolute Gasteiger partial charge is 0.140 e. The number of nitrogens with two attached hydrogens (primary N) is 1. The van der Waals surface area contributed by atoms with Crippen LogP contribution >= 0.6 is 0 Å². The minimum absolute atomic E-state index is 0.406. The fraction of sp³-hybridized carbons (Fsp3) is 0.143. The zero-order valence-corrected chi connectivity index (χ0v) is 10.3. The molecular formula is C14H14N4O. The summed E-state index contributed by atoms with van der Waals surface area (Å²) < 4.78 is 5.54. The monoisotopic (exact) mass is 254 g/mol. The molecule has 5 nitrogen and oxygen atoms in total. The summed E-state index contributed by atoms with van der Waals surface area (Å²) in [6.45, 7) is 1.18. The minimum Gasteiger partial charge on any atom is -0.492 e. The predicted molar refractivity (Wildman–Crippen MR) is 73.8 cm³/mol. The Bertz CT molecular complexity index is 557. The molecule has 0 saturated heterocycles. The van der Waals surface area contributed by atoms with Crippen LogP contribution in [-0.2, 0) is 0 Å². The second kappa shape index (κ2) is 6.26. The van der Waals surface area contributed by atoms with E-state index in [1.54, 1.807) is 24.4 Å². The highest BCUT2D eigenvalue weighted by molar-refractivity contribution is 5.43. The second-order valence-electron chi connectivity index (χ2n) is 3.89. The van der Waals surface area contributed by atoms with Crippen molar-refractivity contribution < 1.29 is 4.74 Å². The van der Waals surface area contributed by atoms with Crippen LogP contribution in [0.5, 0.6) is 5.75 Å². The third-order valence-corrected chi connectivity index (χ3v) is 2.46. The van der Waals surface area contributed by atoms with E-state index in [0.717, 1.165) is 11.4 Å². The van der Waals surface area contributed by atoms with Crippen molar-refractivity contribution in [3.05, 3.63) is 48.3 Å². The van der Waals surface area contributed by atoms with Crippen LogP contribution in [0.3, 0.4) is 0 Å². The number of nitrogens with zero attached hydrogens (tertiary/aromatic N) is 2. The van der Waals surface area contributed by atoms with Gasteiger partial charge in [-0.15, -0.1) is 0 Å². The van der Waals surface area contributed by atoms with Crippen LogP contribution in [0.2, 0.25) is 0 Å². The van der Waals surface area contributed by atoms with Gasteiger partial charge in [0, 0.05) is 12.2 Å². The molecule has 0 aliphatic carbocycles. The molecule has 2 aromatic rings. The third-order valence-electron chi connectivity index (χ3n) is 2.46. The van der Waals surface area contributed by atoms with Gasteiger partial charge in [0.2, 0.25) is 0 Å².